The van der Waals surface area contributed by atoms with Crippen LogP contribution in [0.15, 0.2) is 24.3 Å². The van der Waals surface area contributed by atoms with Crippen molar-refractivity contribution in [2.45, 2.75) is 18.6 Å². The zero-order valence-electron chi connectivity index (χ0n) is 8.93. The van der Waals surface area contributed by atoms with Crippen LogP contribution in [-0.4, -0.2) is 35.4 Å². The molecule has 0 aromatic heterocycles. The summed E-state index contributed by atoms with van der Waals surface area (Å²) in [6, 6.07) is 7.59. The van der Waals surface area contributed by atoms with Crippen molar-refractivity contribution in [3.8, 4) is 0 Å². The van der Waals surface area contributed by atoms with Gasteiger partial charge in [-0.15, -0.1) is 0 Å². The molecule has 2 nitrogen and oxygen atoms in total. The van der Waals surface area contributed by atoms with Gasteiger partial charge >= 0.3 is 0 Å². The maximum Gasteiger partial charge on any atom is 0.0927 e. The lowest BCUT2D eigenvalue weighted by atomic mass is 10.0. The molecule has 0 radical (unpaired) electrons. The molecule has 2 unspecified atom stereocenters. The Balaban J connectivity index is 1.90. The number of aliphatic hydroxyl groups excluding tert-OH is 1. The minimum Gasteiger partial charge on any atom is -0.390 e. The monoisotopic (exact) mass is 258 g/mol. The highest BCUT2D eigenvalue weighted by molar-refractivity contribution is 7.99. The maximum absolute atomic E-state index is 10.0. The Morgan fingerprint density at radius 2 is 2.19 bits per heavy atom. The van der Waals surface area contributed by atoms with Gasteiger partial charge in [0.25, 0.3) is 0 Å². The van der Waals surface area contributed by atoms with E-state index in [4.69, 9.17) is 16.3 Å². The van der Waals surface area contributed by atoms with Gasteiger partial charge in [0, 0.05) is 22.9 Å². The molecule has 0 spiro atoms. The fraction of sp³-hybridized carbons (Fsp3) is 0.500. The second-order valence-corrected chi connectivity index (χ2v) is 5.47. The van der Waals surface area contributed by atoms with Gasteiger partial charge in [-0.2, -0.15) is 11.8 Å². The average molecular weight is 259 g/mol. The summed E-state index contributed by atoms with van der Waals surface area (Å²) >= 11 is 7.64. The number of aliphatic hydroxyl groups is 1. The minimum atomic E-state index is -0.422. The van der Waals surface area contributed by atoms with E-state index in [9.17, 15) is 5.11 Å². The van der Waals surface area contributed by atoms with Crippen molar-refractivity contribution in [3.05, 3.63) is 34.9 Å². The second kappa shape index (κ2) is 5.92. The number of hydrogen-bond acceptors (Lipinski definition) is 3. The summed E-state index contributed by atoms with van der Waals surface area (Å²) in [5.41, 5.74) is 1.09. The van der Waals surface area contributed by atoms with E-state index in [1.54, 1.807) is 0 Å². The van der Waals surface area contributed by atoms with Crippen LogP contribution in [0, 0.1) is 0 Å². The van der Waals surface area contributed by atoms with Crippen LogP contribution in [0.2, 0.25) is 5.02 Å². The molecule has 1 aliphatic heterocycles. The predicted molar refractivity (Wildman–Crippen MR) is 68.2 cm³/mol. The molecule has 0 aliphatic carbocycles. The largest absolute Gasteiger partial charge is 0.390 e. The van der Waals surface area contributed by atoms with E-state index in [2.05, 4.69) is 0 Å². The number of thioether (sulfide) groups is 1. The van der Waals surface area contributed by atoms with E-state index in [0.29, 0.717) is 6.42 Å². The average Bonchev–Trinajstić information content (AvgIpc) is 2.33. The molecule has 0 bridgehead atoms. The summed E-state index contributed by atoms with van der Waals surface area (Å²) in [7, 11) is 0. The van der Waals surface area contributed by atoms with Gasteiger partial charge in [-0.05, 0) is 17.7 Å². The molecule has 1 heterocycles. The Kier molecular flexibility index (Phi) is 4.53. The predicted octanol–water partition coefficient (Wildman–Crippen LogP) is 2.38. The van der Waals surface area contributed by atoms with Gasteiger partial charge in [-0.1, -0.05) is 23.7 Å². The number of rotatable bonds is 3. The molecule has 2 rings (SSSR count). The molecule has 1 N–H and O–H groups in total. The first kappa shape index (κ1) is 12.2. The molecule has 4 heteroatoms. The minimum absolute atomic E-state index is 0.0329. The van der Waals surface area contributed by atoms with Crippen molar-refractivity contribution < 1.29 is 9.84 Å². The van der Waals surface area contributed by atoms with E-state index >= 15 is 0 Å². The van der Waals surface area contributed by atoms with Crippen molar-refractivity contribution in [1.82, 2.24) is 0 Å². The Bertz CT molecular complexity index is 322. The van der Waals surface area contributed by atoms with Crippen LogP contribution < -0.4 is 0 Å². The van der Waals surface area contributed by atoms with Crippen LogP contribution in [0.3, 0.4) is 0 Å². The van der Waals surface area contributed by atoms with Crippen LogP contribution in [0.4, 0.5) is 0 Å². The Morgan fingerprint density at radius 1 is 1.44 bits per heavy atom. The molecule has 1 aliphatic rings. The number of ether oxygens (including phenoxy) is 1. The lowest BCUT2D eigenvalue weighted by molar-refractivity contribution is -0.0207. The molecule has 1 saturated heterocycles. The maximum atomic E-state index is 10.0. The fourth-order valence-electron chi connectivity index (χ4n) is 1.72. The third kappa shape index (κ3) is 3.39. The van der Waals surface area contributed by atoms with Gasteiger partial charge in [0.15, 0.2) is 0 Å². The normalized spacial score (nSPS) is 23.0. The van der Waals surface area contributed by atoms with E-state index < -0.39 is 6.10 Å². The first-order valence-electron chi connectivity index (χ1n) is 5.37. The van der Waals surface area contributed by atoms with Gasteiger partial charge in [0.05, 0.1) is 18.8 Å². The van der Waals surface area contributed by atoms with Crippen LogP contribution in [0.1, 0.15) is 5.56 Å². The Labute approximate surface area is 105 Å². The molecule has 1 aromatic carbocycles. The van der Waals surface area contributed by atoms with Crippen LogP contribution in [-0.2, 0) is 11.2 Å². The molecule has 2 atom stereocenters. The first-order chi connectivity index (χ1) is 7.75. The van der Waals surface area contributed by atoms with Crippen molar-refractivity contribution in [3.63, 3.8) is 0 Å². The van der Waals surface area contributed by atoms with Gasteiger partial charge in [-0.3, -0.25) is 0 Å². The fourth-order valence-corrected chi connectivity index (χ4v) is 2.78. The Hall–Kier alpha value is -0.220. The number of benzene rings is 1. The van der Waals surface area contributed by atoms with Crippen LogP contribution in [0.5, 0.6) is 0 Å². The highest BCUT2D eigenvalue weighted by Crippen LogP contribution is 2.18. The zero-order valence-corrected chi connectivity index (χ0v) is 10.5. The highest BCUT2D eigenvalue weighted by atomic mass is 35.5. The molecule has 16 heavy (non-hydrogen) atoms. The lowest BCUT2D eigenvalue weighted by Crippen LogP contribution is -2.36. The van der Waals surface area contributed by atoms with Crippen LogP contribution in [0.25, 0.3) is 0 Å². The summed E-state index contributed by atoms with van der Waals surface area (Å²) in [6.45, 7) is 0.743. The molecule has 1 fully saturated rings. The topological polar surface area (TPSA) is 29.5 Å². The SMILES string of the molecule is OC(Cc1ccc(Cl)cc1)C1CSCCO1. The van der Waals surface area contributed by atoms with E-state index in [1.807, 2.05) is 36.0 Å². The van der Waals surface area contributed by atoms with Crippen molar-refractivity contribution in [2.24, 2.45) is 0 Å². The number of hydrogen-bond donors (Lipinski definition) is 1. The highest BCUT2D eigenvalue weighted by Gasteiger charge is 2.22. The summed E-state index contributed by atoms with van der Waals surface area (Å²) < 4.78 is 5.54. The summed E-state index contributed by atoms with van der Waals surface area (Å²) in [4.78, 5) is 0. The van der Waals surface area contributed by atoms with E-state index in [1.165, 1.54) is 0 Å². The lowest BCUT2D eigenvalue weighted by Gasteiger charge is -2.26. The zero-order chi connectivity index (χ0) is 11.4. The standard InChI is InChI=1S/C12H15ClO2S/c13-10-3-1-9(2-4-10)7-11(14)12-8-16-6-5-15-12/h1-4,11-12,14H,5-8H2. The summed E-state index contributed by atoms with van der Waals surface area (Å²) in [5.74, 6) is 1.92. The van der Waals surface area contributed by atoms with Gasteiger partial charge in [-0.25, -0.2) is 0 Å². The van der Waals surface area contributed by atoms with Crippen molar-refractivity contribution >= 4 is 23.4 Å². The van der Waals surface area contributed by atoms with Gasteiger partial charge in [0.2, 0.25) is 0 Å². The molecular weight excluding hydrogens is 244 g/mol. The quantitative estimate of drug-likeness (QED) is 0.903. The van der Waals surface area contributed by atoms with Gasteiger partial charge in [0.1, 0.15) is 0 Å². The van der Waals surface area contributed by atoms with E-state index in [0.717, 1.165) is 28.7 Å². The second-order valence-electron chi connectivity index (χ2n) is 3.88. The van der Waals surface area contributed by atoms with Crippen molar-refractivity contribution in [1.29, 1.82) is 0 Å². The van der Waals surface area contributed by atoms with Crippen molar-refractivity contribution in [2.75, 3.05) is 18.1 Å². The van der Waals surface area contributed by atoms with Gasteiger partial charge < -0.3 is 9.84 Å². The smallest absolute Gasteiger partial charge is 0.0927 e. The third-order valence-corrected chi connectivity index (χ3v) is 3.90. The molecular formula is C12H15ClO2S. The molecule has 0 saturated carbocycles. The first-order valence-corrected chi connectivity index (χ1v) is 6.91. The summed E-state index contributed by atoms with van der Waals surface area (Å²) in [6.07, 6.45) is 0.172. The third-order valence-electron chi connectivity index (χ3n) is 2.63. The number of halogens is 1. The molecule has 0 amide bonds. The van der Waals surface area contributed by atoms with E-state index in [-0.39, 0.29) is 6.10 Å². The Morgan fingerprint density at radius 3 is 2.81 bits per heavy atom. The molecule has 88 valence electrons. The van der Waals surface area contributed by atoms with Crippen LogP contribution >= 0.6 is 23.4 Å². The molecule has 1 aromatic rings. The summed E-state index contributed by atoms with van der Waals surface area (Å²) in [5, 5.41) is 10.8.